The third kappa shape index (κ3) is 3.36. The molecule has 0 aromatic carbocycles. The average molecular weight is 246 g/mol. The zero-order valence-electron chi connectivity index (χ0n) is 9.73. The molecule has 1 heterocycles. The summed E-state index contributed by atoms with van der Waals surface area (Å²) in [6.07, 6.45) is -0.442. The third-order valence-electron chi connectivity index (χ3n) is 2.03. The Morgan fingerprint density at radius 3 is 2.88 bits per heavy atom. The van der Waals surface area contributed by atoms with Gasteiger partial charge in [-0.2, -0.15) is 0 Å². The monoisotopic (exact) mass is 246 g/mol. The number of hydrogen-bond donors (Lipinski definition) is 3. The number of likely N-dealkylation sites (N-methyl/N-ethyl adjacent to an activating group) is 1. The van der Waals surface area contributed by atoms with Crippen LogP contribution in [0.1, 0.15) is 19.9 Å². The van der Waals surface area contributed by atoms with Crippen LogP contribution in [0.2, 0.25) is 0 Å². The summed E-state index contributed by atoms with van der Waals surface area (Å²) < 4.78 is 1.58. The van der Waals surface area contributed by atoms with Crippen LogP contribution in [0.5, 0.6) is 0 Å². The lowest BCUT2D eigenvalue weighted by Crippen LogP contribution is -2.26. The van der Waals surface area contributed by atoms with Gasteiger partial charge in [0.2, 0.25) is 0 Å². The van der Waals surface area contributed by atoms with Crippen LogP contribution >= 0.6 is 11.8 Å². The molecule has 1 aromatic rings. The molecule has 0 amide bonds. The Kier molecular flexibility index (Phi) is 5.04. The van der Waals surface area contributed by atoms with Gasteiger partial charge in [-0.05, 0) is 20.9 Å². The number of aromatic nitrogens is 3. The molecule has 0 bridgehead atoms. The lowest BCUT2D eigenvalue weighted by molar-refractivity contribution is 0.199. The van der Waals surface area contributed by atoms with Gasteiger partial charge >= 0.3 is 5.69 Å². The Bertz CT molecular complexity index is 374. The lowest BCUT2D eigenvalue weighted by atomic mass is 10.4. The second kappa shape index (κ2) is 6.07. The van der Waals surface area contributed by atoms with Gasteiger partial charge in [0.05, 0.1) is 6.10 Å². The second-order valence-electron chi connectivity index (χ2n) is 3.80. The van der Waals surface area contributed by atoms with E-state index >= 15 is 0 Å². The fraction of sp³-hybridized carbons (Fsp3) is 0.778. The van der Waals surface area contributed by atoms with Gasteiger partial charge in [-0.15, -0.1) is 5.10 Å². The minimum absolute atomic E-state index is 0.0650. The van der Waals surface area contributed by atoms with E-state index in [1.165, 1.54) is 11.8 Å². The number of H-pyrrole nitrogens is 1. The Balaban J connectivity index is 2.64. The van der Waals surface area contributed by atoms with Crippen molar-refractivity contribution in [1.29, 1.82) is 0 Å². The highest BCUT2D eigenvalue weighted by atomic mass is 32.2. The number of hydrogen-bond acceptors (Lipinski definition) is 5. The highest BCUT2D eigenvalue weighted by molar-refractivity contribution is 7.99. The Hall–Kier alpha value is -0.790. The van der Waals surface area contributed by atoms with Crippen molar-refractivity contribution in [2.75, 3.05) is 19.3 Å². The summed E-state index contributed by atoms with van der Waals surface area (Å²) in [5.74, 6) is 0.512. The molecule has 7 heteroatoms. The summed E-state index contributed by atoms with van der Waals surface area (Å²) in [5.41, 5.74) is -0.208. The standard InChI is InChI=1S/C9H18N4O2S/c1-6(2)13-8(15)11-12-9(13)16-5-7(14)4-10-3/h6-7,10,14H,4-5H2,1-3H3,(H,11,15). The van der Waals surface area contributed by atoms with Crippen LogP contribution < -0.4 is 11.0 Å². The van der Waals surface area contributed by atoms with E-state index in [9.17, 15) is 9.90 Å². The SMILES string of the molecule is CNCC(O)CSc1n[nH]c(=O)n1C(C)C. The number of rotatable bonds is 6. The molecular formula is C9H18N4O2S. The normalized spacial score (nSPS) is 13.3. The predicted octanol–water partition coefficient (Wildman–Crippen LogP) is -0.175. The van der Waals surface area contributed by atoms with Gasteiger partial charge < -0.3 is 10.4 Å². The van der Waals surface area contributed by atoms with E-state index in [1.807, 2.05) is 13.8 Å². The van der Waals surface area contributed by atoms with E-state index in [1.54, 1.807) is 11.6 Å². The Morgan fingerprint density at radius 1 is 1.62 bits per heavy atom. The Morgan fingerprint density at radius 2 is 2.31 bits per heavy atom. The van der Waals surface area contributed by atoms with Crippen LogP contribution in [0, 0.1) is 0 Å². The first-order chi connectivity index (χ1) is 7.56. The van der Waals surface area contributed by atoms with Gasteiger partial charge in [-0.1, -0.05) is 11.8 Å². The molecule has 1 rings (SSSR count). The van der Waals surface area contributed by atoms with Crippen molar-refractivity contribution in [1.82, 2.24) is 20.1 Å². The van der Waals surface area contributed by atoms with E-state index < -0.39 is 6.10 Å². The summed E-state index contributed by atoms with van der Waals surface area (Å²) in [6.45, 7) is 4.37. The maximum atomic E-state index is 11.4. The number of nitrogens with zero attached hydrogens (tertiary/aromatic N) is 2. The topological polar surface area (TPSA) is 82.9 Å². The molecule has 1 aromatic heterocycles. The number of thioether (sulfide) groups is 1. The van der Waals surface area contributed by atoms with Crippen LogP contribution in [0.4, 0.5) is 0 Å². The van der Waals surface area contributed by atoms with E-state index in [0.29, 0.717) is 17.5 Å². The maximum absolute atomic E-state index is 11.4. The van der Waals surface area contributed by atoms with E-state index in [2.05, 4.69) is 15.5 Å². The summed E-state index contributed by atoms with van der Waals surface area (Å²) >= 11 is 1.37. The predicted molar refractivity (Wildman–Crippen MR) is 63.9 cm³/mol. The molecule has 1 atom stereocenters. The smallest absolute Gasteiger partial charge is 0.344 e. The molecule has 0 aliphatic rings. The largest absolute Gasteiger partial charge is 0.391 e. The van der Waals surface area contributed by atoms with Crippen molar-refractivity contribution < 1.29 is 5.11 Å². The van der Waals surface area contributed by atoms with Crippen molar-refractivity contribution in [3.63, 3.8) is 0 Å². The van der Waals surface area contributed by atoms with Crippen LogP contribution in [0.25, 0.3) is 0 Å². The molecule has 0 saturated carbocycles. The molecule has 0 spiro atoms. The maximum Gasteiger partial charge on any atom is 0.344 e. The van der Waals surface area contributed by atoms with Gasteiger partial charge in [-0.25, -0.2) is 9.89 Å². The Labute approximate surface area is 98.4 Å². The summed E-state index contributed by atoms with van der Waals surface area (Å²) in [6, 6.07) is 0.0650. The molecule has 1 unspecified atom stereocenters. The zero-order valence-corrected chi connectivity index (χ0v) is 10.5. The molecule has 0 aliphatic carbocycles. The van der Waals surface area contributed by atoms with Gasteiger partial charge in [0.15, 0.2) is 5.16 Å². The van der Waals surface area contributed by atoms with Crippen molar-refractivity contribution in [3.8, 4) is 0 Å². The number of nitrogens with one attached hydrogen (secondary N) is 2. The molecule has 0 radical (unpaired) electrons. The lowest BCUT2D eigenvalue weighted by Gasteiger charge is -2.11. The van der Waals surface area contributed by atoms with Gasteiger partial charge in [0.1, 0.15) is 0 Å². The molecule has 6 nitrogen and oxygen atoms in total. The minimum atomic E-state index is -0.442. The van der Waals surface area contributed by atoms with Crippen LogP contribution in [0.15, 0.2) is 9.95 Å². The molecule has 16 heavy (non-hydrogen) atoms. The van der Waals surface area contributed by atoms with Crippen molar-refractivity contribution in [2.24, 2.45) is 0 Å². The molecule has 0 fully saturated rings. The van der Waals surface area contributed by atoms with Crippen molar-refractivity contribution in [2.45, 2.75) is 31.1 Å². The summed E-state index contributed by atoms with van der Waals surface area (Å²) in [5, 5.41) is 19.4. The van der Waals surface area contributed by atoms with Crippen LogP contribution in [-0.4, -0.2) is 45.3 Å². The molecular weight excluding hydrogens is 228 g/mol. The van der Waals surface area contributed by atoms with Crippen molar-refractivity contribution >= 4 is 11.8 Å². The first-order valence-corrected chi connectivity index (χ1v) is 6.17. The first-order valence-electron chi connectivity index (χ1n) is 5.18. The number of aromatic amines is 1. The van der Waals surface area contributed by atoms with E-state index in [0.717, 1.165) is 0 Å². The number of aliphatic hydroxyl groups is 1. The fourth-order valence-electron chi connectivity index (χ4n) is 1.31. The number of aliphatic hydroxyl groups excluding tert-OH is 1. The molecule has 0 saturated heterocycles. The van der Waals surface area contributed by atoms with E-state index in [4.69, 9.17) is 0 Å². The van der Waals surface area contributed by atoms with Gasteiger partial charge in [0.25, 0.3) is 0 Å². The van der Waals surface area contributed by atoms with Crippen LogP contribution in [0.3, 0.4) is 0 Å². The van der Waals surface area contributed by atoms with Crippen molar-refractivity contribution in [3.05, 3.63) is 10.5 Å². The summed E-state index contributed by atoms with van der Waals surface area (Å²) in [7, 11) is 1.78. The summed E-state index contributed by atoms with van der Waals surface area (Å²) in [4.78, 5) is 11.4. The molecule has 3 N–H and O–H groups in total. The van der Waals surface area contributed by atoms with Gasteiger partial charge in [0, 0.05) is 18.3 Å². The quantitative estimate of drug-likeness (QED) is 0.607. The highest BCUT2D eigenvalue weighted by Gasteiger charge is 2.13. The zero-order chi connectivity index (χ0) is 12.1. The second-order valence-corrected chi connectivity index (χ2v) is 4.78. The highest BCUT2D eigenvalue weighted by Crippen LogP contribution is 2.17. The van der Waals surface area contributed by atoms with Gasteiger partial charge in [-0.3, -0.25) is 4.57 Å². The first kappa shape index (κ1) is 13.3. The molecule has 92 valence electrons. The average Bonchev–Trinajstić information content (AvgIpc) is 2.57. The minimum Gasteiger partial charge on any atom is -0.391 e. The van der Waals surface area contributed by atoms with Crippen LogP contribution in [-0.2, 0) is 0 Å². The third-order valence-corrected chi connectivity index (χ3v) is 3.13. The van der Waals surface area contributed by atoms with E-state index in [-0.39, 0.29) is 11.7 Å². The molecule has 0 aliphatic heterocycles. The fourth-order valence-corrected chi connectivity index (χ4v) is 2.32.